The fourth-order valence-corrected chi connectivity index (χ4v) is 3.13. The number of amides is 1. The summed E-state index contributed by atoms with van der Waals surface area (Å²) in [4.78, 5) is 11.8. The third kappa shape index (κ3) is 2.59. The number of carbonyl (C=O) groups is 1. The number of rotatable bonds is 3. The van der Waals surface area contributed by atoms with Gasteiger partial charge in [0.15, 0.2) is 0 Å². The minimum atomic E-state index is -0.588. The molecule has 1 aromatic carbocycles. The molecule has 0 spiro atoms. The monoisotopic (exact) mass is 310 g/mol. The largest absolute Gasteiger partial charge is 0.368 e. The number of aryl methyl sites for hydroxylation is 1. The van der Waals surface area contributed by atoms with Crippen molar-refractivity contribution in [1.82, 2.24) is 5.32 Å². The van der Waals surface area contributed by atoms with Crippen molar-refractivity contribution in [3.05, 3.63) is 33.8 Å². The van der Waals surface area contributed by atoms with E-state index in [1.807, 2.05) is 19.9 Å². The van der Waals surface area contributed by atoms with Gasteiger partial charge in [0.25, 0.3) is 0 Å². The van der Waals surface area contributed by atoms with Crippen molar-refractivity contribution in [3.8, 4) is 0 Å². The predicted octanol–water partition coefficient (Wildman–Crippen LogP) is 2.16. The summed E-state index contributed by atoms with van der Waals surface area (Å²) in [7, 11) is 0. The van der Waals surface area contributed by atoms with Crippen LogP contribution in [0.3, 0.4) is 0 Å². The van der Waals surface area contributed by atoms with Crippen LogP contribution in [0.25, 0.3) is 0 Å². The number of hydrogen-bond acceptors (Lipinski definition) is 2. The zero-order valence-electron chi connectivity index (χ0n) is 10.8. The molecule has 0 bridgehead atoms. The van der Waals surface area contributed by atoms with Crippen molar-refractivity contribution in [2.24, 2.45) is 5.73 Å². The molecule has 0 aromatic heterocycles. The maximum Gasteiger partial charge on any atom is 0.238 e. The first-order chi connectivity index (χ1) is 8.43. The summed E-state index contributed by atoms with van der Waals surface area (Å²) < 4.78 is 1.09. The van der Waals surface area contributed by atoms with Crippen LogP contribution in [-0.2, 0) is 17.6 Å². The normalized spacial score (nSPS) is 22.9. The quantitative estimate of drug-likeness (QED) is 0.899. The van der Waals surface area contributed by atoms with Crippen LogP contribution in [0.1, 0.15) is 31.4 Å². The first kappa shape index (κ1) is 13.6. The molecule has 0 fully saturated rings. The van der Waals surface area contributed by atoms with Gasteiger partial charge in [0.1, 0.15) is 5.54 Å². The molecule has 2 rings (SSSR count). The van der Waals surface area contributed by atoms with Gasteiger partial charge in [-0.05, 0) is 56.4 Å². The van der Waals surface area contributed by atoms with Crippen LogP contribution in [0.15, 0.2) is 22.7 Å². The second kappa shape index (κ2) is 5.02. The predicted molar refractivity (Wildman–Crippen MR) is 76.4 cm³/mol. The van der Waals surface area contributed by atoms with Crippen LogP contribution < -0.4 is 11.1 Å². The molecule has 18 heavy (non-hydrogen) atoms. The van der Waals surface area contributed by atoms with Crippen LogP contribution in [0.5, 0.6) is 0 Å². The van der Waals surface area contributed by atoms with E-state index in [-0.39, 0.29) is 11.9 Å². The van der Waals surface area contributed by atoms with E-state index in [2.05, 4.69) is 33.4 Å². The fourth-order valence-electron chi connectivity index (χ4n) is 2.72. The SMILES string of the molecule is CC(C)NC1(C(N)=O)CCc2cc(Br)ccc2C1. The lowest BCUT2D eigenvalue weighted by Crippen LogP contribution is -2.60. The maximum atomic E-state index is 11.8. The number of primary amides is 1. The topological polar surface area (TPSA) is 55.1 Å². The molecule has 0 saturated heterocycles. The molecular formula is C14H19BrN2O. The van der Waals surface area contributed by atoms with E-state index in [0.717, 1.165) is 17.3 Å². The maximum absolute atomic E-state index is 11.8. The van der Waals surface area contributed by atoms with E-state index in [0.29, 0.717) is 6.42 Å². The average Bonchev–Trinajstić information content (AvgIpc) is 2.28. The molecule has 3 nitrogen and oxygen atoms in total. The average molecular weight is 311 g/mol. The summed E-state index contributed by atoms with van der Waals surface area (Å²) in [6.45, 7) is 4.09. The first-order valence-corrected chi connectivity index (χ1v) is 7.07. The molecule has 0 radical (unpaired) electrons. The van der Waals surface area contributed by atoms with Crippen molar-refractivity contribution in [1.29, 1.82) is 0 Å². The van der Waals surface area contributed by atoms with Crippen LogP contribution in [0, 0.1) is 0 Å². The molecule has 1 unspecified atom stereocenters. The summed E-state index contributed by atoms with van der Waals surface area (Å²) in [5, 5.41) is 3.36. The Morgan fingerprint density at radius 1 is 1.44 bits per heavy atom. The van der Waals surface area contributed by atoms with Gasteiger partial charge in [0, 0.05) is 10.5 Å². The van der Waals surface area contributed by atoms with Gasteiger partial charge in [-0.2, -0.15) is 0 Å². The van der Waals surface area contributed by atoms with Crippen LogP contribution >= 0.6 is 15.9 Å². The van der Waals surface area contributed by atoms with E-state index >= 15 is 0 Å². The van der Waals surface area contributed by atoms with Crippen LogP contribution in [-0.4, -0.2) is 17.5 Å². The van der Waals surface area contributed by atoms with E-state index in [1.165, 1.54) is 11.1 Å². The Bertz CT molecular complexity index is 473. The van der Waals surface area contributed by atoms with Gasteiger partial charge in [0.05, 0.1) is 0 Å². The molecule has 1 amide bonds. The molecule has 4 heteroatoms. The molecule has 1 atom stereocenters. The fraction of sp³-hybridized carbons (Fsp3) is 0.500. The Hall–Kier alpha value is -0.870. The Kier molecular flexibility index (Phi) is 3.78. The number of fused-ring (bicyclic) bond motifs is 1. The number of hydrogen-bond donors (Lipinski definition) is 2. The second-order valence-corrected chi connectivity index (χ2v) is 6.25. The van der Waals surface area contributed by atoms with Crippen LogP contribution in [0.2, 0.25) is 0 Å². The van der Waals surface area contributed by atoms with Gasteiger partial charge in [-0.15, -0.1) is 0 Å². The van der Waals surface area contributed by atoms with Crippen molar-refractivity contribution in [2.45, 2.75) is 44.7 Å². The van der Waals surface area contributed by atoms with Crippen LogP contribution in [0.4, 0.5) is 0 Å². The highest BCUT2D eigenvalue weighted by Crippen LogP contribution is 2.31. The van der Waals surface area contributed by atoms with Crippen molar-refractivity contribution in [2.75, 3.05) is 0 Å². The molecule has 1 aliphatic rings. The Morgan fingerprint density at radius 2 is 2.17 bits per heavy atom. The zero-order chi connectivity index (χ0) is 13.3. The molecule has 1 aromatic rings. The molecule has 1 aliphatic carbocycles. The van der Waals surface area contributed by atoms with Crippen molar-refractivity contribution in [3.63, 3.8) is 0 Å². The van der Waals surface area contributed by atoms with Gasteiger partial charge in [-0.25, -0.2) is 0 Å². The highest BCUT2D eigenvalue weighted by Gasteiger charge is 2.39. The van der Waals surface area contributed by atoms with Gasteiger partial charge in [0.2, 0.25) is 5.91 Å². The van der Waals surface area contributed by atoms with Gasteiger partial charge in [-0.1, -0.05) is 22.0 Å². The number of halogens is 1. The lowest BCUT2D eigenvalue weighted by Gasteiger charge is -2.38. The smallest absolute Gasteiger partial charge is 0.238 e. The molecule has 98 valence electrons. The molecule has 3 N–H and O–H groups in total. The zero-order valence-corrected chi connectivity index (χ0v) is 12.4. The van der Waals surface area contributed by atoms with Crippen molar-refractivity contribution < 1.29 is 4.79 Å². The minimum absolute atomic E-state index is 0.245. The van der Waals surface area contributed by atoms with Gasteiger partial charge >= 0.3 is 0 Å². The molecular weight excluding hydrogens is 292 g/mol. The highest BCUT2D eigenvalue weighted by atomic mass is 79.9. The second-order valence-electron chi connectivity index (χ2n) is 5.34. The van der Waals surface area contributed by atoms with E-state index in [4.69, 9.17) is 5.73 Å². The number of nitrogens with one attached hydrogen (secondary N) is 1. The van der Waals surface area contributed by atoms with E-state index in [1.54, 1.807) is 0 Å². The van der Waals surface area contributed by atoms with Gasteiger partial charge < -0.3 is 11.1 Å². The summed E-state index contributed by atoms with van der Waals surface area (Å²) in [6, 6.07) is 6.48. The van der Waals surface area contributed by atoms with Crippen molar-refractivity contribution >= 4 is 21.8 Å². The standard InChI is InChI=1S/C14H19BrN2O/c1-9(2)17-14(13(16)18)6-5-10-7-12(15)4-3-11(10)8-14/h3-4,7,9,17H,5-6,8H2,1-2H3,(H2,16,18). The molecule has 0 saturated carbocycles. The minimum Gasteiger partial charge on any atom is -0.368 e. The lowest BCUT2D eigenvalue weighted by atomic mass is 9.77. The Balaban J connectivity index is 2.32. The molecule has 0 heterocycles. The number of benzene rings is 1. The Labute approximate surface area is 116 Å². The third-order valence-corrected chi connectivity index (χ3v) is 4.01. The summed E-state index contributed by atoms with van der Waals surface area (Å²) in [6.07, 6.45) is 2.34. The van der Waals surface area contributed by atoms with Gasteiger partial charge in [-0.3, -0.25) is 4.79 Å². The summed E-state index contributed by atoms with van der Waals surface area (Å²) >= 11 is 3.48. The summed E-state index contributed by atoms with van der Waals surface area (Å²) in [5.41, 5.74) is 7.57. The number of nitrogens with two attached hydrogens (primary N) is 1. The van der Waals surface area contributed by atoms with E-state index in [9.17, 15) is 4.79 Å². The Morgan fingerprint density at radius 3 is 2.78 bits per heavy atom. The molecule has 0 aliphatic heterocycles. The number of carbonyl (C=O) groups excluding carboxylic acids is 1. The highest BCUT2D eigenvalue weighted by molar-refractivity contribution is 9.10. The third-order valence-electron chi connectivity index (χ3n) is 3.52. The first-order valence-electron chi connectivity index (χ1n) is 6.28. The summed E-state index contributed by atoms with van der Waals surface area (Å²) in [5.74, 6) is -0.246. The lowest BCUT2D eigenvalue weighted by molar-refractivity contribution is -0.125. The van der Waals surface area contributed by atoms with E-state index < -0.39 is 5.54 Å².